The van der Waals surface area contributed by atoms with Crippen LogP contribution in [0.15, 0.2) is 6.07 Å². The SMILES string of the molecule is CCc1c(O)c(C)cc2c1CN(C(=O)OC(C)(C)C)C(C(=O)O)C2. The highest BCUT2D eigenvalue weighted by atomic mass is 16.6. The number of rotatable bonds is 2. The van der Waals surface area contributed by atoms with E-state index in [1.54, 1.807) is 27.7 Å². The molecule has 1 aromatic carbocycles. The third kappa shape index (κ3) is 3.47. The van der Waals surface area contributed by atoms with Gasteiger partial charge in [0, 0.05) is 6.42 Å². The highest BCUT2D eigenvalue weighted by molar-refractivity contribution is 5.81. The zero-order valence-electron chi connectivity index (χ0n) is 14.8. The Morgan fingerprint density at radius 2 is 2.00 bits per heavy atom. The lowest BCUT2D eigenvalue weighted by molar-refractivity contribution is -0.143. The van der Waals surface area contributed by atoms with Crippen LogP contribution in [0.25, 0.3) is 0 Å². The van der Waals surface area contributed by atoms with Gasteiger partial charge in [-0.15, -0.1) is 0 Å². The number of phenolic OH excluding ortho intramolecular Hbond substituents is 1. The summed E-state index contributed by atoms with van der Waals surface area (Å²) in [6, 6.07) is 0.840. The van der Waals surface area contributed by atoms with E-state index in [0.717, 1.165) is 22.3 Å². The summed E-state index contributed by atoms with van der Waals surface area (Å²) >= 11 is 0. The molecule has 1 heterocycles. The molecule has 0 aromatic heterocycles. The van der Waals surface area contributed by atoms with Crippen molar-refractivity contribution in [1.29, 1.82) is 0 Å². The van der Waals surface area contributed by atoms with Gasteiger partial charge in [-0.05, 0) is 56.4 Å². The van der Waals surface area contributed by atoms with Crippen molar-refractivity contribution in [3.05, 3.63) is 28.3 Å². The second kappa shape index (κ2) is 6.34. The van der Waals surface area contributed by atoms with Gasteiger partial charge in [-0.1, -0.05) is 13.0 Å². The first-order chi connectivity index (χ1) is 11.0. The molecule has 1 atom stereocenters. The van der Waals surface area contributed by atoms with E-state index in [0.29, 0.717) is 6.42 Å². The third-order valence-corrected chi connectivity index (χ3v) is 4.19. The van der Waals surface area contributed by atoms with E-state index < -0.39 is 23.7 Å². The smallest absolute Gasteiger partial charge is 0.411 e. The molecule has 6 heteroatoms. The molecule has 0 saturated carbocycles. The molecule has 1 amide bonds. The van der Waals surface area contributed by atoms with Gasteiger partial charge < -0.3 is 14.9 Å². The van der Waals surface area contributed by atoms with Crippen LogP contribution in [-0.4, -0.2) is 38.8 Å². The van der Waals surface area contributed by atoms with Crippen molar-refractivity contribution in [2.24, 2.45) is 0 Å². The summed E-state index contributed by atoms with van der Waals surface area (Å²) in [7, 11) is 0. The number of benzene rings is 1. The van der Waals surface area contributed by atoms with E-state index >= 15 is 0 Å². The van der Waals surface area contributed by atoms with Crippen LogP contribution >= 0.6 is 0 Å². The Hall–Kier alpha value is -2.24. The molecule has 2 N–H and O–H groups in total. The second-order valence-corrected chi connectivity index (χ2v) is 7.18. The standard InChI is InChI=1S/C18H25NO5/c1-6-12-13-9-19(17(23)24-18(3,4)5)14(16(21)22)8-11(13)7-10(2)15(12)20/h7,14,20H,6,8-9H2,1-5H3,(H,21,22). The molecule has 0 fully saturated rings. The number of amides is 1. The topological polar surface area (TPSA) is 87.1 Å². The first-order valence-electron chi connectivity index (χ1n) is 8.10. The molecule has 0 spiro atoms. The Balaban J connectivity index is 2.47. The summed E-state index contributed by atoms with van der Waals surface area (Å²) in [5.74, 6) is -0.843. The maximum atomic E-state index is 12.5. The summed E-state index contributed by atoms with van der Waals surface area (Å²) in [5.41, 5.74) is 2.48. The number of nitrogens with zero attached hydrogens (tertiary/aromatic N) is 1. The molecule has 1 aromatic rings. The van der Waals surface area contributed by atoms with Gasteiger partial charge in [-0.25, -0.2) is 9.59 Å². The van der Waals surface area contributed by atoms with Crippen molar-refractivity contribution in [3.63, 3.8) is 0 Å². The average Bonchev–Trinajstić information content (AvgIpc) is 2.45. The molecule has 2 rings (SSSR count). The average molecular weight is 335 g/mol. The molecule has 0 aliphatic carbocycles. The predicted molar refractivity (Wildman–Crippen MR) is 89.1 cm³/mol. The molecule has 6 nitrogen and oxygen atoms in total. The number of hydrogen-bond donors (Lipinski definition) is 2. The maximum absolute atomic E-state index is 12.5. The Kier molecular flexibility index (Phi) is 4.78. The van der Waals surface area contributed by atoms with Gasteiger partial charge >= 0.3 is 12.1 Å². The molecule has 0 saturated heterocycles. The minimum Gasteiger partial charge on any atom is -0.507 e. The van der Waals surface area contributed by atoms with Crippen molar-refractivity contribution in [2.45, 2.75) is 65.6 Å². The number of aromatic hydroxyl groups is 1. The number of carboxylic acid groups (broad SMARTS) is 1. The fraction of sp³-hybridized carbons (Fsp3) is 0.556. The number of hydrogen-bond acceptors (Lipinski definition) is 4. The van der Waals surface area contributed by atoms with Crippen LogP contribution in [0.1, 0.15) is 49.9 Å². The normalized spacial score (nSPS) is 17.4. The number of aryl methyl sites for hydroxylation is 1. The van der Waals surface area contributed by atoms with Gasteiger partial charge in [-0.3, -0.25) is 4.90 Å². The largest absolute Gasteiger partial charge is 0.507 e. The number of carbonyl (C=O) groups excluding carboxylic acids is 1. The lowest BCUT2D eigenvalue weighted by atomic mass is 9.87. The van der Waals surface area contributed by atoms with Crippen molar-refractivity contribution in [2.75, 3.05) is 0 Å². The number of carboxylic acids is 1. The highest BCUT2D eigenvalue weighted by Gasteiger charge is 2.38. The summed E-state index contributed by atoms with van der Waals surface area (Å²) in [5, 5.41) is 19.8. The van der Waals surface area contributed by atoms with Crippen LogP contribution in [0.3, 0.4) is 0 Å². The summed E-state index contributed by atoms with van der Waals surface area (Å²) in [6.07, 6.45) is 0.163. The number of carbonyl (C=O) groups is 2. The first kappa shape index (κ1) is 18.1. The van der Waals surface area contributed by atoms with E-state index in [1.807, 2.05) is 13.0 Å². The van der Waals surface area contributed by atoms with E-state index in [4.69, 9.17) is 4.74 Å². The van der Waals surface area contributed by atoms with Gasteiger partial charge in [0.25, 0.3) is 0 Å². The van der Waals surface area contributed by atoms with E-state index in [9.17, 15) is 19.8 Å². The second-order valence-electron chi connectivity index (χ2n) is 7.18. The summed E-state index contributed by atoms with van der Waals surface area (Å²) in [6.45, 7) is 9.07. The van der Waals surface area contributed by atoms with E-state index in [1.165, 1.54) is 4.90 Å². The molecule has 0 bridgehead atoms. The van der Waals surface area contributed by atoms with Crippen LogP contribution in [0.2, 0.25) is 0 Å². The minimum atomic E-state index is -1.06. The number of ether oxygens (including phenoxy) is 1. The highest BCUT2D eigenvalue weighted by Crippen LogP contribution is 2.35. The van der Waals surface area contributed by atoms with Gasteiger partial charge in [-0.2, -0.15) is 0 Å². The molecular formula is C18H25NO5. The van der Waals surface area contributed by atoms with Crippen LogP contribution < -0.4 is 0 Å². The molecule has 132 valence electrons. The van der Waals surface area contributed by atoms with Crippen LogP contribution in [0, 0.1) is 6.92 Å². The molecule has 1 aliphatic rings. The van der Waals surface area contributed by atoms with Crippen molar-refractivity contribution in [3.8, 4) is 5.75 Å². The van der Waals surface area contributed by atoms with Gasteiger partial charge in [0.2, 0.25) is 0 Å². The quantitative estimate of drug-likeness (QED) is 0.867. The molecule has 0 radical (unpaired) electrons. The van der Waals surface area contributed by atoms with Gasteiger partial charge in [0.15, 0.2) is 0 Å². The fourth-order valence-corrected chi connectivity index (χ4v) is 3.08. The Morgan fingerprint density at radius 3 is 2.50 bits per heavy atom. The first-order valence-corrected chi connectivity index (χ1v) is 8.10. The van der Waals surface area contributed by atoms with E-state index in [2.05, 4.69) is 0 Å². The lowest BCUT2D eigenvalue weighted by Crippen LogP contribution is -2.50. The zero-order chi connectivity index (χ0) is 18.2. The molecular weight excluding hydrogens is 310 g/mol. The zero-order valence-corrected chi connectivity index (χ0v) is 14.8. The predicted octanol–water partition coefficient (Wildman–Crippen LogP) is 3.01. The van der Waals surface area contributed by atoms with Crippen LogP contribution in [0.4, 0.5) is 4.79 Å². The Labute approximate surface area is 142 Å². The number of fused-ring (bicyclic) bond motifs is 1. The number of aliphatic carboxylic acids is 1. The van der Waals surface area contributed by atoms with Crippen LogP contribution in [0.5, 0.6) is 5.75 Å². The fourth-order valence-electron chi connectivity index (χ4n) is 3.08. The Bertz CT molecular complexity index is 675. The summed E-state index contributed by atoms with van der Waals surface area (Å²) in [4.78, 5) is 25.4. The molecule has 1 aliphatic heterocycles. The Morgan fingerprint density at radius 1 is 1.38 bits per heavy atom. The maximum Gasteiger partial charge on any atom is 0.411 e. The lowest BCUT2D eigenvalue weighted by Gasteiger charge is -2.36. The molecule has 1 unspecified atom stereocenters. The van der Waals surface area contributed by atoms with Gasteiger partial charge in [0.1, 0.15) is 17.4 Å². The monoisotopic (exact) mass is 335 g/mol. The number of phenols is 1. The van der Waals surface area contributed by atoms with E-state index in [-0.39, 0.29) is 18.7 Å². The van der Waals surface area contributed by atoms with Crippen molar-refractivity contribution < 1.29 is 24.5 Å². The minimum absolute atomic E-state index is 0.123. The van der Waals surface area contributed by atoms with Crippen LogP contribution in [-0.2, 0) is 28.9 Å². The van der Waals surface area contributed by atoms with Gasteiger partial charge in [0.05, 0.1) is 6.54 Å². The summed E-state index contributed by atoms with van der Waals surface area (Å²) < 4.78 is 5.36. The van der Waals surface area contributed by atoms with Crippen molar-refractivity contribution >= 4 is 12.1 Å². The molecule has 24 heavy (non-hydrogen) atoms. The third-order valence-electron chi connectivity index (χ3n) is 4.19. The van der Waals surface area contributed by atoms with Crippen molar-refractivity contribution in [1.82, 2.24) is 4.90 Å².